The zero-order chi connectivity index (χ0) is 15.7. The summed E-state index contributed by atoms with van der Waals surface area (Å²) in [6.07, 6.45) is 0. The van der Waals surface area contributed by atoms with Gasteiger partial charge in [0.05, 0.1) is 15.8 Å². The van der Waals surface area contributed by atoms with Gasteiger partial charge in [-0.1, -0.05) is 12.1 Å². The second kappa shape index (κ2) is 6.81. The Kier molecular flexibility index (Phi) is 5.23. The molecule has 0 aliphatic carbocycles. The van der Waals surface area contributed by atoms with E-state index in [0.29, 0.717) is 16.6 Å². The van der Waals surface area contributed by atoms with Gasteiger partial charge < -0.3 is 9.87 Å². The van der Waals surface area contributed by atoms with Crippen molar-refractivity contribution in [3.63, 3.8) is 0 Å². The molecule has 9 heteroatoms. The Morgan fingerprint density at radius 1 is 1.04 bits per heavy atom. The Morgan fingerprint density at radius 3 is 2.35 bits per heavy atom. The quantitative estimate of drug-likeness (QED) is 0.447. The van der Waals surface area contributed by atoms with E-state index in [4.69, 9.17) is 0 Å². The molecule has 0 atom stereocenters. The normalized spacial score (nSPS) is 11.0. The van der Waals surface area contributed by atoms with E-state index in [2.05, 4.69) is 15.3 Å². The van der Waals surface area contributed by atoms with Gasteiger partial charge in [-0.25, -0.2) is 13.4 Å². The molecular weight excluding hydrogens is 329 g/mol. The van der Waals surface area contributed by atoms with Gasteiger partial charge in [0.2, 0.25) is 5.95 Å². The molecule has 0 spiro atoms. The fourth-order valence-corrected chi connectivity index (χ4v) is 2.46. The van der Waals surface area contributed by atoms with Gasteiger partial charge in [-0.15, -0.1) is 0 Å². The summed E-state index contributed by atoms with van der Waals surface area (Å²) < 4.78 is 32.6. The first kappa shape index (κ1) is 17.6. The summed E-state index contributed by atoms with van der Waals surface area (Å²) in [6, 6.07) is 12.1. The standard InChI is InChI=1S/C14H11N3O4S.Na/c18-13-11-3-1-2-4-12(11)16-14(17-13)15-9-5-7-10(8-6-9)22(19,20)21;/h1-8H,(H,19,20,21)(H2,15,16,17,18);/q;+1/p-1. The van der Waals surface area contributed by atoms with E-state index < -0.39 is 10.1 Å². The van der Waals surface area contributed by atoms with Crippen molar-refractivity contribution in [2.24, 2.45) is 0 Å². The van der Waals surface area contributed by atoms with Crippen LogP contribution >= 0.6 is 0 Å². The van der Waals surface area contributed by atoms with Crippen LogP contribution in [-0.2, 0) is 10.1 Å². The van der Waals surface area contributed by atoms with Crippen LogP contribution in [0.25, 0.3) is 10.9 Å². The minimum absolute atomic E-state index is 0. The van der Waals surface area contributed by atoms with E-state index in [9.17, 15) is 17.8 Å². The molecule has 0 saturated heterocycles. The molecule has 23 heavy (non-hydrogen) atoms. The van der Waals surface area contributed by atoms with Gasteiger partial charge >= 0.3 is 29.6 Å². The van der Waals surface area contributed by atoms with Gasteiger partial charge in [0.25, 0.3) is 5.56 Å². The number of nitrogens with zero attached hydrogens (tertiary/aromatic N) is 1. The third kappa shape index (κ3) is 3.98. The minimum atomic E-state index is -4.48. The van der Waals surface area contributed by atoms with Crippen molar-refractivity contribution in [2.45, 2.75) is 4.90 Å². The fourth-order valence-electron chi connectivity index (χ4n) is 1.99. The molecule has 0 unspecified atom stereocenters. The molecular formula is C14H10N3NaO4S. The van der Waals surface area contributed by atoms with E-state index >= 15 is 0 Å². The number of aromatic amines is 1. The van der Waals surface area contributed by atoms with Crippen LogP contribution in [0.5, 0.6) is 0 Å². The maximum absolute atomic E-state index is 11.9. The van der Waals surface area contributed by atoms with Crippen LogP contribution in [0.15, 0.2) is 58.2 Å². The molecule has 3 aromatic rings. The number of hydrogen-bond acceptors (Lipinski definition) is 6. The summed E-state index contributed by atoms with van der Waals surface area (Å²) >= 11 is 0. The molecule has 0 bridgehead atoms. The second-order valence-corrected chi connectivity index (χ2v) is 5.91. The number of nitrogens with one attached hydrogen (secondary N) is 2. The van der Waals surface area contributed by atoms with Crippen LogP contribution in [0.3, 0.4) is 0 Å². The SMILES string of the molecule is O=c1[nH]c(Nc2ccc(S(=O)(=O)[O-])cc2)nc2ccccc12.[Na+]. The number of H-pyrrole nitrogens is 1. The average Bonchev–Trinajstić information content (AvgIpc) is 2.47. The molecule has 2 N–H and O–H groups in total. The monoisotopic (exact) mass is 339 g/mol. The average molecular weight is 339 g/mol. The molecule has 7 nitrogen and oxygen atoms in total. The summed E-state index contributed by atoms with van der Waals surface area (Å²) in [6.45, 7) is 0. The summed E-state index contributed by atoms with van der Waals surface area (Å²) in [4.78, 5) is 18.4. The van der Waals surface area contributed by atoms with Crippen LogP contribution in [0, 0.1) is 0 Å². The molecule has 0 radical (unpaired) electrons. The Labute approximate surface area is 153 Å². The summed E-state index contributed by atoms with van der Waals surface area (Å²) in [5.74, 6) is 0.224. The van der Waals surface area contributed by atoms with Crippen molar-refractivity contribution in [1.82, 2.24) is 9.97 Å². The van der Waals surface area contributed by atoms with Crippen molar-refractivity contribution >= 4 is 32.7 Å². The van der Waals surface area contributed by atoms with Gasteiger partial charge in [0.15, 0.2) is 0 Å². The number of aromatic nitrogens is 2. The van der Waals surface area contributed by atoms with Crippen LogP contribution in [0.2, 0.25) is 0 Å². The molecule has 2 aromatic carbocycles. The van der Waals surface area contributed by atoms with E-state index in [-0.39, 0.29) is 46.0 Å². The van der Waals surface area contributed by atoms with Gasteiger partial charge in [-0.2, -0.15) is 0 Å². The number of rotatable bonds is 3. The minimum Gasteiger partial charge on any atom is -0.744 e. The number of benzene rings is 2. The first-order chi connectivity index (χ1) is 10.4. The zero-order valence-electron chi connectivity index (χ0n) is 12.1. The Balaban J connectivity index is 0.00000192. The van der Waals surface area contributed by atoms with Gasteiger partial charge in [-0.05, 0) is 36.4 Å². The molecule has 1 aromatic heterocycles. The molecule has 0 fully saturated rings. The molecule has 3 rings (SSSR count). The molecule has 0 amide bonds. The van der Waals surface area contributed by atoms with E-state index in [0.717, 1.165) is 0 Å². The summed E-state index contributed by atoms with van der Waals surface area (Å²) in [5.41, 5.74) is 0.741. The predicted molar refractivity (Wildman–Crippen MR) is 80.1 cm³/mol. The zero-order valence-corrected chi connectivity index (χ0v) is 14.9. The first-order valence-corrected chi connectivity index (χ1v) is 7.66. The van der Waals surface area contributed by atoms with E-state index in [1.165, 1.54) is 24.3 Å². The Hall–Kier alpha value is -1.71. The fraction of sp³-hybridized carbons (Fsp3) is 0. The van der Waals surface area contributed by atoms with Gasteiger partial charge in [0.1, 0.15) is 10.1 Å². The van der Waals surface area contributed by atoms with Crippen molar-refractivity contribution in [1.29, 1.82) is 0 Å². The number of para-hydroxylation sites is 1. The van der Waals surface area contributed by atoms with Crippen molar-refractivity contribution in [3.05, 3.63) is 58.9 Å². The molecule has 0 aliphatic rings. The van der Waals surface area contributed by atoms with Crippen LogP contribution in [0.1, 0.15) is 0 Å². The van der Waals surface area contributed by atoms with Crippen molar-refractivity contribution < 1.29 is 42.5 Å². The van der Waals surface area contributed by atoms with E-state index in [1.54, 1.807) is 24.3 Å². The topological polar surface area (TPSA) is 115 Å². The molecule has 112 valence electrons. The number of anilines is 2. The Bertz CT molecular complexity index is 1000. The summed E-state index contributed by atoms with van der Waals surface area (Å²) in [7, 11) is -4.48. The first-order valence-electron chi connectivity index (χ1n) is 6.25. The maximum atomic E-state index is 11.9. The summed E-state index contributed by atoms with van der Waals surface area (Å²) in [5, 5.41) is 3.33. The van der Waals surface area contributed by atoms with Crippen LogP contribution in [-0.4, -0.2) is 22.9 Å². The van der Waals surface area contributed by atoms with Crippen molar-refractivity contribution in [2.75, 3.05) is 5.32 Å². The predicted octanol–water partition coefficient (Wildman–Crippen LogP) is -1.43. The Morgan fingerprint density at radius 2 is 1.70 bits per heavy atom. The third-order valence-electron chi connectivity index (χ3n) is 3.02. The molecule has 0 saturated carbocycles. The van der Waals surface area contributed by atoms with Crippen molar-refractivity contribution in [3.8, 4) is 0 Å². The second-order valence-electron chi connectivity index (χ2n) is 4.54. The third-order valence-corrected chi connectivity index (χ3v) is 3.87. The van der Waals surface area contributed by atoms with Gasteiger partial charge in [0, 0.05) is 5.69 Å². The van der Waals surface area contributed by atoms with Crippen LogP contribution in [0.4, 0.5) is 11.6 Å². The van der Waals surface area contributed by atoms with Gasteiger partial charge in [-0.3, -0.25) is 9.78 Å². The van der Waals surface area contributed by atoms with Crippen LogP contribution < -0.4 is 40.4 Å². The molecule has 1 heterocycles. The van der Waals surface area contributed by atoms with E-state index in [1.807, 2.05) is 0 Å². The maximum Gasteiger partial charge on any atom is 1.00 e. The number of fused-ring (bicyclic) bond motifs is 1. The molecule has 0 aliphatic heterocycles. The largest absolute Gasteiger partial charge is 1.00 e. The number of hydrogen-bond donors (Lipinski definition) is 2. The smallest absolute Gasteiger partial charge is 0.744 e.